The van der Waals surface area contributed by atoms with E-state index in [0.29, 0.717) is 18.5 Å². The molecule has 0 spiro atoms. The summed E-state index contributed by atoms with van der Waals surface area (Å²) >= 11 is 0. The number of rotatable bonds is 5. The minimum atomic E-state index is -3.74. The number of hydrogen-bond acceptors (Lipinski definition) is 6. The number of benzene rings is 1. The Kier molecular flexibility index (Phi) is 4.26. The fraction of sp³-hybridized carbons (Fsp3) is 0.529. The van der Waals surface area contributed by atoms with Crippen LogP contribution in [0.1, 0.15) is 26.2 Å². The van der Waals surface area contributed by atoms with E-state index in [1.807, 2.05) is 6.92 Å². The first-order valence-electron chi connectivity index (χ1n) is 8.86. The summed E-state index contributed by atoms with van der Waals surface area (Å²) in [6.45, 7) is 2.61. The van der Waals surface area contributed by atoms with Crippen molar-refractivity contribution in [3.05, 3.63) is 39.0 Å². The number of hydrogen-bond donors (Lipinski definition) is 2. The van der Waals surface area contributed by atoms with Crippen molar-refractivity contribution in [2.75, 3.05) is 6.54 Å². The normalized spacial score (nSPS) is 21.6. The largest absolute Gasteiger partial charge is 0.331 e. The molecule has 1 unspecified atom stereocenters. The SMILES string of the molecule is Cn1c(=O)n(CC2CCNO2)c(=O)c2cc(S(=O)(=O)NC3(C)CC3)ccc21. The molecule has 27 heavy (non-hydrogen) atoms. The molecule has 4 rings (SSSR count). The summed E-state index contributed by atoms with van der Waals surface area (Å²) in [4.78, 5) is 30.8. The Hall–Kier alpha value is -2.01. The molecule has 2 fully saturated rings. The smallest absolute Gasteiger partial charge is 0.297 e. The second kappa shape index (κ2) is 6.26. The van der Waals surface area contributed by atoms with E-state index in [-0.39, 0.29) is 22.9 Å². The van der Waals surface area contributed by atoms with Gasteiger partial charge in [0, 0.05) is 19.1 Å². The molecule has 9 nitrogen and oxygen atoms in total. The molecule has 146 valence electrons. The van der Waals surface area contributed by atoms with Crippen LogP contribution in [0.5, 0.6) is 0 Å². The first-order valence-corrected chi connectivity index (χ1v) is 10.3. The third-order valence-electron chi connectivity index (χ3n) is 5.22. The minimum Gasteiger partial charge on any atom is -0.297 e. The summed E-state index contributed by atoms with van der Waals surface area (Å²) in [5, 5.41) is 0.187. The Balaban J connectivity index is 1.82. The molecule has 2 N–H and O–H groups in total. The van der Waals surface area contributed by atoms with Gasteiger partial charge in [0.15, 0.2) is 0 Å². The highest BCUT2D eigenvalue weighted by molar-refractivity contribution is 7.89. The van der Waals surface area contributed by atoms with Gasteiger partial charge in [-0.15, -0.1) is 0 Å². The minimum absolute atomic E-state index is 0.0178. The van der Waals surface area contributed by atoms with Gasteiger partial charge < -0.3 is 0 Å². The van der Waals surface area contributed by atoms with Gasteiger partial charge in [-0.2, -0.15) is 0 Å². The van der Waals surface area contributed by atoms with Crippen molar-refractivity contribution in [2.45, 2.75) is 49.3 Å². The summed E-state index contributed by atoms with van der Waals surface area (Å²) in [5.74, 6) is 0. The standard InChI is InChI=1S/C17H22N4O5S/c1-17(6-7-17)19-27(24,25)12-3-4-14-13(9-12)15(22)21(16(23)20(14)2)10-11-5-8-18-26-11/h3-4,9,11,18-19H,5-8,10H2,1-2H3. The molecule has 1 aromatic carbocycles. The van der Waals surface area contributed by atoms with Gasteiger partial charge in [0.2, 0.25) is 10.0 Å². The van der Waals surface area contributed by atoms with Crippen LogP contribution < -0.4 is 21.5 Å². The molecule has 10 heteroatoms. The van der Waals surface area contributed by atoms with Gasteiger partial charge in [-0.05, 0) is 44.4 Å². The van der Waals surface area contributed by atoms with Crippen LogP contribution in [0, 0.1) is 0 Å². The van der Waals surface area contributed by atoms with Gasteiger partial charge in [-0.3, -0.25) is 18.8 Å². The maximum absolute atomic E-state index is 12.9. The summed E-state index contributed by atoms with van der Waals surface area (Å²) in [6, 6.07) is 4.26. The molecule has 1 saturated heterocycles. The fourth-order valence-corrected chi connectivity index (χ4v) is 4.78. The molecule has 0 radical (unpaired) electrons. The Morgan fingerprint density at radius 1 is 1.33 bits per heavy atom. The predicted molar refractivity (Wildman–Crippen MR) is 98.9 cm³/mol. The van der Waals surface area contributed by atoms with E-state index in [4.69, 9.17) is 4.84 Å². The average Bonchev–Trinajstić information content (AvgIpc) is 3.12. The topological polar surface area (TPSA) is 111 Å². The predicted octanol–water partition coefficient (Wildman–Crippen LogP) is -0.175. The average molecular weight is 394 g/mol. The second-order valence-electron chi connectivity index (χ2n) is 7.53. The Labute approximate surface area is 155 Å². The van der Waals surface area contributed by atoms with Crippen molar-refractivity contribution in [3.8, 4) is 0 Å². The third-order valence-corrected chi connectivity index (χ3v) is 6.85. The molecule has 1 saturated carbocycles. The van der Waals surface area contributed by atoms with E-state index >= 15 is 0 Å². The second-order valence-corrected chi connectivity index (χ2v) is 9.21. The maximum atomic E-state index is 12.9. The molecule has 2 heterocycles. The van der Waals surface area contributed by atoms with Gasteiger partial charge in [-0.25, -0.2) is 23.4 Å². The van der Waals surface area contributed by atoms with Gasteiger partial charge in [-0.1, -0.05) is 0 Å². The molecular formula is C17H22N4O5S. The lowest BCUT2D eigenvalue weighted by atomic mass is 10.2. The first kappa shape index (κ1) is 18.4. The van der Waals surface area contributed by atoms with E-state index in [1.54, 1.807) is 7.05 Å². The fourth-order valence-electron chi connectivity index (χ4n) is 3.28. The van der Waals surface area contributed by atoms with E-state index in [2.05, 4.69) is 10.2 Å². The van der Waals surface area contributed by atoms with Crippen LogP contribution in [-0.2, 0) is 28.5 Å². The first-order chi connectivity index (χ1) is 12.7. The van der Waals surface area contributed by atoms with Crippen LogP contribution in [0.2, 0.25) is 0 Å². The number of nitrogens with zero attached hydrogens (tertiary/aromatic N) is 2. The number of sulfonamides is 1. The van der Waals surface area contributed by atoms with Crippen molar-refractivity contribution in [1.82, 2.24) is 19.3 Å². The van der Waals surface area contributed by atoms with Crippen LogP contribution in [0.3, 0.4) is 0 Å². The lowest BCUT2D eigenvalue weighted by molar-refractivity contribution is 0.0237. The van der Waals surface area contributed by atoms with Crippen molar-refractivity contribution in [1.29, 1.82) is 0 Å². The van der Waals surface area contributed by atoms with Crippen LogP contribution in [-0.4, -0.2) is 35.7 Å². The number of hydroxylamine groups is 1. The summed E-state index contributed by atoms with van der Waals surface area (Å²) in [6.07, 6.45) is 1.98. The molecule has 1 atom stereocenters. The van der Waals surface area contributed by atoms with Gasteiger partial charge in [0.05, 0.1) is 28.4 Å². The van der Waals surface area contributed by atoms with Gasteiger partial charge in [0.1, 0.15) is 0 Å². The zero-order valence-electron chi connectivity index (χ0n) is 15.2. The highest BCUT2D eigenvalue weighted by Gasteiger charge is 2.41. The van der Waals surface area contributed by atoms with E-state index < -0.39 is 26.8 Å². The molecule has 2 aliphatic rings. The number of fused-ring (bicyclic) bond motifs is 1. The number of nitrogens with one attached hydrogen (secondary N) is 2. The van der Waals surface area contributed by atoms with Crippen LogP contribution in [0.15, 0.2) is 32.7 Å². The van der Waals surface area contributed by atoms with Crippen LogP contribution in [0.4, 0.5) is 0 Å². The summed E-state index contributed by atoms with van der Waals surface area (Å²) < 4.78 is 30.4. The Morgan fingerprint density at radius 3 is 2.70 bits per heavy atom. The molecule has 2 aromatic rings. The molecule has 0 bridgehead atoms. The Morgan fingerprint density at radius 2 is 2.07 bits per heavy atom. The molecule has 0 amide bonds. The van der Waals surface area contributed by atoms with Crippen LogP contribution in [0.25, 0.3) is 10.9 Å². The number of aromatic nitrogens is 2. The molecule has 1 aliphatic heterocycles. The summed E-state index contributed by atoms with van der Waals surface area (Å²) in [7, 11) is -2.18. The zero-order chi connectivity index (χ0) is 19.4. The zero-order valence-corrected chi connectivity index (χ0v) is 16.0. The van der Waals surface area contributed by atoms with Crippen molar-refractivity contribution in [2.24, 2.45) is 7.05 Å². The van der Waals surface area contributed by atoms with E-state index in [0.717, 1.165) is 17.4 Å². The highest BCUT2D eigenvalue weighted by atomic mass is 32.2. The molecule has 1 aromatic heterocycles. The lowest BCUT2D eigenvalue weighted by Crippen LogP contribution is -2.42. The lowest BCUT2D eigenvalue weighted by Gasteiger charge is -2.15. The third kappa shape index (κ3) is 3.33. The highest BCUT2D eigenvalue weighted by Crippen LogP contribution is 2.36. The quantitative estimate of drug-likeness (QED) is 0.728. The summed E-state index contributed by atoms with van der Waals surface area (Å²) in [5.41, 5.74) is 1.74. The monoisotopic (exact) mass is 394 g/mol. The van der Waals surface area contributed by atoms with Gasteiger partial charge >= 0.3 is 5.69 Å². The number of aryl methyl sites for hydroxylation is 1. The van der Waals surface area contributed by atoms with E-state index in [9.17, 15) is 18.0 Å². The molecular weight excluding hydrogens is 372 g/mol. The Bertz CT molecular complexity index is 1120. The van der Waals surface area contributed by atoms with Crippen LogP contribution >= 0.6 is 0 Å². The molecule has 1 aliphatic carbocycles. The van der Waals surface area contributed by atoms with Gasteiger partial charge in [0.25, 0.3) is 5.56 Å². The van der Waals surface area contributed by atoms with Crippen molar-refractivity contribution in [3.63, 3.8) is 0 Å². The van der Waals surface area contributed by atoms with Crippen molar-refractivity contribution >= 4 is 20.9 Å². The van der Waals surface area contributed by atoms with E-state index in [1.165, 1.54) is 22.8 Å². The van der Waals surface area contributed by atoms with Crippen molar-refractivity contribution < 1.29 is 13.3 Å². The maximum Gasteiger partial charge on any atom is 0.331 e.